The van der Waals surface area contributed by atoms with E-state index in [0.29, 0.717) is 11.9 Å². The van der Waals surface area contributed by atoms with E-state index in [1.54, 1.807) is 7.11 Å². The van der Waals surface area contributed by atoms with E-state index >= 15 is 0 Å². The van der Waals surface area contributed by atoms with Crippen LogP contribution in [-0.4, -0.2) is 37.1 Å². The van der Waals surface area contributed by atoms with E-state index < -0.39 is 0 Å². The molecule has 15 heavy (non-hydrogen) atoms. The number of carbonyl (C=O) groups excluding carboxylic acids is 1. The molecule has 88 valence electrons. The van der Waals surface area contributed by atoms with Gasteiger partial charge >= 0.3 is 0 Å². The molecule has 0 radical (unpaired) electrons. The fraction of sp³-hybridized carbons (Fsp3) is 0.917. The first-order chi connectivity index (χ1) is 7.29. The van der Waals surface area contributed by atoms with Crippen LogP contribution in [0.4, 0.5) is 0 Å². The van der Waals surface area contributed by atoms with E-state index in [1.807, 2.05) is 4.90 Å². The Balaban J connectivity index is 2.11. The van der Waals surface area contributed by atoms with Gasteiger partial charge in [-0.05, 0) is 19.3 Å². The molecule has 1 aliphatic heterocycles. The molecule has 0 aromatic rings. The van der Waals surface area contributed by atoms with Gasteiger partial charge in [0.25, 0.3) is 0 Å². The second-order valence-corrected chi connectivity index (χ2v) is 4.29. The number of hydrogen-bond acceptors (Lipinski definition) is 2. The van der Waals surface area contributed by atoms with E-state index in [-0.39, 0.29) is 0 Å². The molecule has 1 rings (SSSR count). The van der Waals surface area contributed by atoms with Gasteiger partial charge in [-0.1, -0.05) is 19.8 Å². The summed E-state index contributed by atoms with van der Waals surface area (Å²) >= 11 is 0. The van der Waals surface area contributed by atoms with Crippen LogP contribution in [0.15, 0.2) is 0 Å². The molecule has 1 atom stereocenters. The van der Waals surface area contributed by atoms with E-state index in [1.165, 1.54) is 19.3 Å². The van der Waals surface area contributed by atoms with Crippen LogP contribution in [0.1, 0.15) is 45.4 Å². The van der Waals surface area contributed by atoms with E-state index in [0.717, 1.165) is 32.4 Å². The summed E-state index contributed by atoms with van der Waals surface area (Å²) in [6.07, 6.45) is 6.56. The molecule has 0 aromatic carbocycles. The number of β-lactam (4-membered cyclic amide) rings is 1. The van der Waals surface area contributed by atoms with Crippen LogP contribution in [-0.2, 0) is 9.53 Å². The Hall–Kier alpha value is -0.570. The number of ether oxygens (including phenoxy) is 1. The zero-order valence-corrected chi connectivity index (χ0v) is 10.00. The third kappa shape index (κ3) is 3.82. The highest BCUT2D eigenvalue weighted by Crippen LogP contribution is 2.24. The Bertz CT molecular complexity index is 194. The van der Waals surface area contributed by atoms with Gasteiger partial charge in [0.2, 0.25) is 5.91 Å². The lowest BCUT2D eigenvalue weighted by Gasteiger charge is -2.40. The predicted octanol–water partition coefficient (Wildman–Crippen LogP) is 2.20. The number of likely N-dealkylation sites (tertiary alicyclic amines) is 1. The number of amides is 1. The first kappa shape index (κ1) is 12.5. The molecule has 1 saturated heterocycles. The summed E-state index contributed by atoms with van der Waals surface area (Å²) in [6, 6.07) is 0.542. The van der Waals surface area contributed by atoms with Gasteiger partial charge in [-0.2, -0.15) is 0 Å². The Morgan fingerprint density at radius 2 is 2.20 bits per heavy atom. The van der Waals surface area contributed by atoms with Crippen LogP contribution >= 0.6 is 0 Å². The summed E-state index contributed by atoms with van der Waals surface area (Å²) in [5, 5.41) is 0. The number of unbranched alkanes of at least 4 members (excludes halogenated alkanes) is 2. The molecule has 0 aromatic heterocycles. The zero-order chi connectivity index (χ0) is 11.1. The van der Waals surface area contributed by atoms with E-state index in [9.17, 15) is 4.79 Å². The average Bonchev–Trinajstić information content (AvgIpc) is 2.23. The van der Waals surface area contributed by atoms with Crippen molar-refractivity contribution in [1.82, 2.24) is 4.90 Å². The van der Waals surface area contributed by atoms with Crippen LogP contribution in [0.2, 0.25) is 0 Å². The van der Waals surface area contributed by atoms with Crippen LogP contribution in [0.5, 0.6) is 0 Å². The molecule has 1 unspecified atom stereocenters. The summed E-state index contributed by atoms with van der Waals surface area (Å²) < 4.78 is 4.99. The smallest absolute Gasteiger partial charge is 0.224 e. The minimum Gasteiger partial charge on any atom is -0.385 e. The van der Waals surface area contributed by atoms with Crippen LogP contribution in [0, 0.1) is 0 Å². The maximum Gasteiger partial charge on any atom is 0.224 e. The highest BCUT2D eigenvalue weighted by atomic mass is 16.5. The van der Waals surface area contributed by atoms with Crippen LogP contribution in [0.25, 0.3) is 0 Å². The first-order valence-electron chi connectivity index (χ1n) is 6.08. The Labute approximate surface area is 92.8 Å². The standard InChI is InChI=1S/C12H23NO2/c1-3-4-7-11-10-12(14)13(11)8-5-6-9-15-2/h11H,3-10H2,1-2H3. The number of nitrogens with zero attached hydrogens (tertiary/aromatic N) is 1. The van der Waals surface area contributed by atoms with Gasteiger partial charge in [0, 0.05) is 32.7 Å². The Morgan fingerprint density at radius 3 is 2.80 bits per heavy atom. The van der Waals surface area contributed by atoms with Crippen molar-refractivity contribution in [3.8, 4) is 0 Å². The van der Waals surface area contributed by atoms with Crippen molar-refractivity contribution in [3.63, 3.8) is 0 Å². The fourth-order valence-corrected chi connectivity index (χ4v) is 2.05. The zero-order valence-electron chi connectivity index (χ0n) is 10.00. The van der Waals surface area contributed by atoms with Crippen molar-refractivity contribution in [2.24, 2.45) is 0 Å². The predicted molar refractivity (Wildman–Crippen MR) is 60.8 cm³/mol. The summed E-state index contributed by atoms with van der Waals surface area (Å²) in [4.78, 5) is 13.4. The molecular formula is C12H23NO2. The highest BCUT2D eigenvalue weighted by molar-refractivity contribution is 5.83. The number of rotatable bonds is 8. The molecule has 3 heteroatoms. The molecule has 0 spiro atoms. The molecule has 1 fully saturated rings. The number of carbonyl (C=O) groups is 1. The van der Waals surface area contributed by atoms with Gasteiger partial charge in [-0.3, -0.25) is 4.79 Å². The minimum atomic E-state index is 0.341. The number of hydrogen-bond donors (Lipinski definition) is 0. The topological polar surface area (TPSA) is 29.5 Å². The third-order valence-corrected chi connectivity index (χ3v) is 3.06. The largest absolute Gasteiger partial charge is 0.385 e. The molecule has 0 bridgehead atoms. The summed E-state index contributed by atoms with van der Waals surface area (Å²) in [5.74, 6) is 0.341. The molecular weight excluding hydrogens is 190 g/mol. The van der Waals surface area contributed by atoms with Gasteiger partial charge in [-0.25, -0.2) is 0 Å². The normalized spacial score (nSPS) is 20.5. The molecule has 0 saturated carbocycles. The van der Waals surface area contributed by atoms with E-state index in [2.05, 4.69) is 6.92 Å². The lowest BCUT2D eigenvalue weighted by atomic mass is 9.96. The van der Waals surface area contributed by atoms with Gasteiger partial charge in [-0.15, -0.1) is 0 Å². The van der Waals surface area contributed by atoms with Crippen molar-refractivity contribution >= 4 is 5.91 Å². The average molecular weight is 213 g/mol. The maximum atomic E-state index is 11.4. The van der Waals surface area contributed by atoms with Crippen molar-refractivity contribution in [2.75, 3.05) is 20.3 Å². The van der Waals surface area contributed by atoms with Crippen molar-refractivity contribution in [3.05, 3.63) is 0 Å². The molecule has 1 heterocycles. The lowest BCUT2D eigenvalue weighted by molar-refractivity contribution is -0.146. The SMILES string of the molecule is CCCCC1CC(=O)N1CCCCOC. The van der Waals surface area contributed by atoms with Gasteiger partial charge < -0.3 is 9.64 Å². The molecule has 1 aliphatic rings. The van der Waals surface area contributed by atoms with Crippen LogP contribution < -0.4 is 0 Å². The van der Waals surface area contributed by atoms with Crippen molar-refractivity contribution < 1.29 is 9.53 Å². The van der Waals surface area contributed by atoms with Gasteiger partial charge in [0.05, 0.1) is 0 Å². The summed E-state index contributed by atoms with van der Waals surface area (Å²) in [6.45, 7) is 3.93. The molecule has 1 amide bonds. The Kier molecular flexibility index (Phi) is 5.69. The van der Waals surface area contributed by atoms with Crippen LogP contribution in [0.3, 0.4) is 0 Å². The summed E-state index contributed by atoms with van der Waals surface area (Å²) in [5.41, 5.74) is 0. The maximum absolute atomic E-state index is 11.4. The third-order valence-electron chi connectivity index (χ3n) is 3.06. The van der Waals surface area contributed by atoms with Gasteiger partial charge in [0.15, 0.2) is 0 Å². The molecule has 3 nitrogen and oxygen atoms in total. The quantitative estimate of drug-likeness (QED) is 0.457. The molecule has 0 aliphatic carbocycles. The second-order valence-electron chi connectivity index (χ2n) is 4.29. The van der Waals surface area contributed by atoms with E-state index in [4.69, 9.17) is 4.74 Å². The van der Waals surface area contributed by atoms with Crippen molar-refractivity contribution in [2.45, 2.75) is 51.5 Å². The second kappa shape index (κ2) is 6.83. The summed E-state index contributed by atoms with van der Waals surface area (Å²) in [7, 11) is 1.72. The Morgan fingerprint density at radius 1 is 1.40 bits per heavy atom. The fourth-order valence-electron chi connectivity index (χ4n) is 2.05. The number of methoxy groups -OCH3 is 1. The van der Waals surface area contributed by atoms with Gasteiger partial charge in [0.1, 0.15) is 0 Å². The highest BCUT2D eigenvalue weighted by Gasteiger charge is 2.34. The lowest BCUT2D eigenvalue weighted by Crippen LogP contribution is -2.52. The minimum absolute atomic E-state index is 0.341. The van der Waals surface area contributed by atoms with Crippen molar-refractivity contribution in [1.29, 1.82) is 0 Å². The molecule has 0 N–H and O–H groups in total. The first-order valence-corrected chi connectivity index (χ1v) is 6.08. The monoisotopic (exact) mass is 213 g/mol.